The molecule has 3 aliphatic carbocycles. The van der Waals surface area contributed by atoms with Crippen molar-refractivity contribution in [1.82, 2.24) is 5.32 Å². The molecule has 3 saturated carbocycles. The minimum absolute atomic E-state index is 0.136. The standard InChI is InChI=1S/C14H24N2O/c1-14(8-15,9-6-7-9)16-13(17)12-10-4-2-3-5-11(10)12/h9-12H,2-8,15H2,1H3,(H,16,17). The molecule has 3 rings (SSSR count). The molecule has 3 fully saturated rings. The number of hydrogen-bond donors (Lipinski definition) is 2. The predicted octanol–water partition coefficient (Wildman–Crippen LogP) is 1.67. The molecule has 96 valence electrons. The fraction of sp³-hybridized carbons (Fsp3) is 0.929. The summed E-state index contributed by atoms with van der Waals surface area (Å²) in [5, 5.41) is 3.26. The Hall–Kier alpha value is -0.570. The third kappa shape index (κ3) is 1.99. The van der Waals surface area contributed by atoms with Crippen molar-refractivity contribution >= 4 is 5.91 Å². The summed E-state index contributed by atoms with van der Waals surface area (Å²) in [5.74, 6) is 2.64. The van der Waals surface area contributed by atoms with Crippen LogP contribution in [0.15, 0.2) is 0 Å². The maximum Gasteiger partial charge on any atom is 0.224 e. The Bertz CT molecular complexity index is 314. The van der Waals surface area contributed by atoms with E-state index >= 15 is 0 Å². The van der Waals surface area contributed by atoms with E-state index in [-0.39, 0.29) is 5.54 Å². The summed E-state index contributed by atoms with van der Waals surface area (Å²) in [6.07, 6.45) is 7.64. The fourth-order valence-electron chi connectivity index (χ4n) is 3.79. The van der Waals surface area contributed by atoms with Crippen LogP contribution in [0.3, 0.4) is 0 Å². The van der Waals surface area contributed by atoms with Gasteiger partial charge in [-0.15, -0.1) is 0 Å². The van der Waals surface area contributed by atoms with Crippen LogP contribution < -0.4 is 11.1 Å². The van der Waals surface area contributed by atoms with Crippen LogP contribution >= 0.6 is 0 Å². The smallest absolute Gasteiger partial charge is 0.224 e. The first kappa shape index (κ1) is 11.5. The molecule has 0 radical (unpaired) electrons. The summed E-state index contributed by atoms with van der Waals surface area (Å²) in [6.45, 7) is 2.69. The van der Waals surface area contributed by atoms with Crippen LogP contribution in [0.2, 0.25) is 0 Å². The van der Waals surface area contributed by atoms with E-state index in [1.807, 2.05) is 0 Å². The molecule has 0 aromatic rings. The summed E-state index contributed by atoms with van der Waals surface area (Å²) in [4.78, 5) is 12.3. The second-order valence-corrected chi connectivity index (χ2v) is 6.52. The average Bonchev–Trinajstić information content (AvgIpc) is 3.20. The lowest BCUT2D eigenvalue weighted by Gasteiger charge is -2.29. The zero-order valence-electron chi connectivity index (χ0n) is 10.7. The SMILES string of the molecule is CC(CN)(NC(=O)C1C2CCCCC21)C1CC1. The maximum absolute atomic E-state index is 12.3. The van der Waals surface area contributed by atoms with E-state index in [1.54, 1.807) is 0 Å². The lowest BCUT2D eigenvalue weighted by atomic mass is 9.95. The van der Waals surface area contributed by atoms with Gasteiger partial charge in [0, 0.05) is 12.5 Å². The van der Waals surface area contributed by atoms with E-state index in [2.05, 4.69) is 12.2 Å². The van der Waals surface area contributed by atoms with Gasteiger partial charge in [0.2, 0.25) is 5.91 Å². The first-order valence-electron chi connectivity index (χ1n) is 7.18. The molecule has 0 bridgehead atoms. The van der Waals surface area contributed by atoms with Gasteiger partial charge in [-0.1, -0.05) is 12.8 Å². The molecule has 3 atom stereocenters. The highest BCUT2D eigenvalue weighted by atomic mass is 16.2. The molecular formula is C14H24N2O. The number of nitrogens with two attached hydrogens (primary N) is 1. The largest absolute Gasteiger partial charge is 0.349 e. The van der Waals surface area contributed by atoms with Crippen molar-refractivity contribution in [3.05, 3.63) is 0 Å². The topological polar surface area (TPSA) is 55.1 Å². The predicted molar refractivity (Wildman–Crippen MR) is 67.3 cm³/mol. The fourth-order valence-corrected chi connectivity index (χ4v) is 3.79. The van der Waals surface area contributed by atoms with Crippen LogP contribution in [0.4, 0.5) is 0 Å². The Morgan fingerprint density at radius 3 is 2.29 bits per heavy atom. The molecule has 0 heterocycles. The lowest BCUT2D eigenvalue weighted by Crippen LogP contribution is -2.53. The number of hydrogen-bond acceptors (Lipinski definition) is 2. The quantitative estimate of drug-likeness (QED) is 0.780. The molecule has 3 heteroatoms. The van der Waals surface area contributed by atoms with Gasteiger partial charge in [-0.3, -0.25) is 4.79 Å². The molecular weight excluding hydrogens is 212 g/mol. The second kappa shape index (κ2) is 3.98. The van der Waals surface area contributed by atoms with Crippen LogP contribution in [0, 0.1) is 23.7 Å². The van der Waals surface area contributed by atoms with Gasteiger partial charge in [0.1, 0.15) is 0 Å². The Morgan fingerprint density at radius 2 is 1.82 bits per heavy atom. The van der Waals surface area contributed by atoms with Crippen LogP contribution in [-0.4, -0.2) is 18.0 Å². The zero-order valence-corrected chi connectivity index (χ0v) is 10.7. The van der Waals surface area contributed by atoms with Gasteiger partial charge in [0.05, 0.1) is 5.54 Å². The van der Waals surface area contributed by atoms with E-state index in [0.717, 1.165) is 0 Å². The second-order valence-electron chi connectivity index (χ2n) is 6.52. The highest BCUT2D eigenvalue weighted by Crippen LogP contribution is 2.55. The number of amides is 1. The molecule has 0 aromatic carbocycles. The molecule has 3 aliphatic rings. The molecule has 1 amide bonds. The third-order valence-electron chi connectivity index (χ3n) is 5.27. The van der Waals surface area contributed by atoms with Crippen molar-refractivity contribution in [2.45, 2.75) is 51.0 Å². The molecule has 0 aliphatic heterocycles. The molecule has 17 heavy (non-hydrogen) atoms. The van der Waals surface area contributed by atoms with Gasteiger partial charge in [-0.05, 0) is 50.4 Å². The van der Waals surface area contributed by atoms with Gasteiger partial charge < -0.3 is 11.1 Å². The first-order valence-corrected chi connectivity index (χ1v) is 7.18. The van der Waals surface area contributed by atoms with Gasteiger partial charge in [-0.2, -0.15) is 0 Å². The normalized spacial score (nSPS) is 39.1. The Morgan fingerprint density at radius 1 is 1.24 bits per heavy atom. The summed E-state index contributed by atoms with van der Waals surface area (Å²) < 4.78 is 0. The number of rotatable bonds is 4. The van der Waals surface area contributed by atoms with Crippen LogP contribution in [0.1, 0.15) is 45.4 Å². The number of carbonyl (C=O) groups is 1. The molecule has 3 N–H and O–H groups in total. The Balaban J connectivity index is 1.60. The van der Waals surface area contributed by atoms with Gasteiger partial charge in [0.25, 0.3) is 0 Å². The number of nitrogens with one attached hydrogen (secondary N) is 1. The van der Waals surface area contributed by atoms with Crippen LogP contribution in [0.25, 0.3) is 0 Å². The summed E-state index contributed by atoms with van der Waals surface area (Å²) >= 11 is 0. The Labute approximate surface area is 104 Å². The monoisotopic (exact) mass is 236 g/mol. The van der Waals surface area contributed by atoms with Gasteiger partial charge in [0.15, 0.2) is 0 Å². The maximum atomic E-state index is 12.3. The minimum atomic E-state index is -0.136. The third-order valence-corrected chi connectivity index (χ3v) is 5.27. The highest BCUT2D eigenvalue weighted by Gasteiger charge is 2.56. The van der Waals surface area contributed by atoms with Crippen molar-refractivity contribution in [1.29, 1.82) is 0 Å². The van der Waals surface area contributed by atoms with Crippen molar-refractivity contribution in [3.63, 3.8) is 0 Å². The highest BCUT2D eigenvalue weighted by molar-refractivity contribution is 5.83. The summed E-state index contributed by atoms with van der Waals surface area (Å²) in [6, 6.07) is 0. The van der Waals surface area contributed by atoms with Gasteiger partial charge in [-0.25, -0.2) is 0 Å². The van der Waals surface area contributed by atoms with Crippen molar-refractivity contribution in [2.24, 2.45) is 29.4 Å². The van der Waals surface area contributed by atoms with Crippen molar-refractivity contribution in [2.75, 3.05) is 6.54 Å². The van der Waals surface area contributed by atoms with Crippen molar-refractivity contribution in [3.8, 4) is 0 Å². The first-order chi connectivity index (χ1) is 8.15. The molecule has 3 unspecified atom stereocenters. The van der Waals surface area contributed by atoms with E-state index in [1.165, 1.54) is 38.5 Å². The molecule has 0 saturated heterocycles. The van der Waals surface area contributed by atoms with Crippen molar-refractivity contribution < 1.29 is 4.79 Å². The summed E-state index contributed by atoms with van der Waals surface area (Å²) in [7, 11) is 0. The molecule has 0 spiro atoms. The number of carbonyl (C=O) groups excluding carboxylic acids is 1. The van der Waals surface area contributed by atoms with Crippen LogP contribution in [0.5, 0.6) is 0 Å². The molecule has 0 aromatic heterocycles. The zero-order chi connectivity index (χ0) is 12.0. The Kier molecular flexibility index (Phi) is 2.69. The average molecular weight is 236 g/mol. The van der Waals surface area contributed by atoms with Crippen LogP contribution in [-0.2, 0) is 4.79 Å². The summed E-state index contributed by atoms with van der Waals surface area (Å²) in [5.41, 5.74) is 5.71. The molecule has 3 nitrogen and oxygen atoms in total. The van der Waals surface area contributed by atoms with E-state index in [9.17, 15) is 4.79 Å². The minimum Gasteiger partial charge on any atom is -0.349 e. The van der Waals surface area contributed by atoms with Gasteiger partial charge >= 0.3 is 0 Å². The van der Waals surface area contributed by atoms with E-state index in [4.69, 9.17) is 5.73 Å². The number of fused-ring (bicyclic) bond motifs is 1. The van der Waals surface area contributed by atoms with E-state index in [0.29, 0.717) is 36.1 Å². The van der Waals surface area contributed by atoms with E-state index < -0.39 is 0 Å². The lowest BCUT2D eigenvalue weighted by molar-refractivity contribution is -0.124.